The zero-order valence-corrected chi connectivity index (χ0v) is 19.2. The van der Waals surface area contributed by atoms with Gasteiger partial charge in [0.2, 0.25) is 0 Å². The molecule has 0 bridgehead atoms. The molecule has 0 aromatic heterocycles. The van der Waals surface area contributed by atoms with Gasteiger partial charge in [0.25, 0.3) is 11.8 Å². The molecule has 0 spiro atoms. The molecule has 0 unspecified atom stereocenters. The fourth-order valence-electron chi connectivity index (χ4n) is 2.63. The summed E-state index contributed by atoms with van der Waals surface area (Å²) in [5.74, 6) is -0.459. The van der Waals surface area contributed by atoms with Crippen LogP contribution in [0.5, 0.6) is 5.75 Å². The highest BCUT2D eigenvalue weighted by atomic mass is 35.5. The van der Waals surface area contributed by atoms with Crippen molar-refractivity contribution in [1.82, 2.24) is 0 Å². The first-order valence-electron chi connectivity index (χ1n) is 9.50. The van der Waals surface area contributed by atoms with Crippen molar-refractivity contribution in [3.63, 3.8) is 0 Å². The largest absolute Gasteiger partial charge is 0.484 e. The third kappa shape index (κ3) is 7.26. The lowest BCUT2D eigenvalue weighted by Crippen LogP contribution is -2.20. The number of rotatable bonds is 7. The second-order valence-electron chi connectivity index (χ2n) is 6.67. The zero-order valence-electron chi connectivity index (χ0n) is 16.9. The molecule has 6 nitrogen and oxygen atoms in total. The van der Waals surface area contributed by atoms with Crippen molar-refractivity contribution in [1.29, 1.82) is 5.26 Å². The van der Waals surface area contributed by atoms with Crippen LogP contribution in [0.1, 0.15) is 5.56 Å². The molecule has 3 aromatic carbocycles. The van der Waals surface area contributed by atoms with Gasteiger partial charge >= 0.3 is 0 Å². The summed E-state index contributed by atoms with van der Waals surface area (Å²) in [6, 6.07) is 19.8. The maximum atomic E-state index is 12.4. The molecule has 3 rings (SSSR count). The number of anilines is 2. The molecule has 33 heavy (non-hydrogen) atoms. The highest BCUT2D eigenvalue weighted by Gasteiger charge is 2.11. The Kier molecular flexibility index (Phi) is 8.34. The van der Waals surface area contributed by atoms with E-state index in [1.807, 2.05) is 6.07 Å². The quantitative estimate of drug-likeness (QED) is 0.298. The van der Waals surface area contributed by atoms with Crippen LogP contribution in [0, 0.1) is 11.3 Å². The van der Waals surface area contributed by atoms with Crippen molar-refractivity contribution in [2.75, 3.05) is 17.2 Å². The van der Waals surface area contributed by atoms with Crippen molar-refractivity contribution < 1.29 is 14.3 Å². The van der Waals surface area contributed by atoms with Gasteiger partial charge in [0, 0.05) is 16.4 Å². The monoisotopic (exact) mass is 499 g/mol. The summed E-state index contributed by atoms with van der Waals surface area (Å²) < 4.78 is 5.47. The molecule has 0 radical (unpaired) electrons. The summed E-state index contributed by atoms with van der Waals surface area (Å²) in [5, 5.41) is 15.9. The van der Waals surface area contributed by atoms with Crippen LogP contribution in [0.4, 0.5) is 11.4 Å². The smallest absolute Gasteiger partial charge is 0.266 e. The second kappa shape index (κ2) is 11.4. The molecule has 0 aliphatic rings. The number of carbonyl (C=O) groups is 2. The van der Waals surface area contributed by atoms with Gasteiger partial charge in [0.1, 0.15) is 17.4 Å². The summed E-state index contributed by atoms with van der Waals surface area (Å²) in [6.07, 6.45) is 1.43. The molecule has 0 saturated heterocycles. The van der Waals surface area contributed by atoms with Gasteiger partial charge in [-0.2, -0.15) is 5.26 Å². The summed E-state index contributed by atoms with van der Waals surface area (Å²) in [7, 11) is 0. The van der Waals surface area contributed by atoms with Gasteiger partial charge < -0.3 is 15.4 Å². The van der Waals surface area contributed by atoms with E-state index >= 15 is 0 Å². The molecule has 3 aromatic rings. The number of nitrogens with zero attached hydrogens (tertiary/aromatic N) is 1. The minimum atomic E-state index is -0.588. The van der Waals surface area contributed by atoms with E-state index in [1.54, 1.807) is 60.7 Å². The Morgan fingerprint density at radius 3 is 2.18 bits per heavy atom. The number of ether oxygens (including phenoxy) is 1. The SMILES string of the molecule is N#C/C(=C/c1ccc(OCC(=O)Nc2ccc(Cl)cc2)cc1)C(=O)Nc1ccc(Cl)c(Cl)c1. The molecular formula is C24H16Cl3N3O3. The van der Waals surface area contributed by atoms with Crippen LogP contribution in [-0.4, -0.2) is 18.4 Å². The Morgan fingerprint density at radius 1 is 0.879 bits per heavy atom. The molecule has 0 saturated carbocycles. The highest BCUT2D eigenvalue weighted by Crippen LogP contribution is 2.25. The minimum absolute atomic E-state index is 0.0999. The van der Waals surface area contributed by atoms with Crippen LogP contribution in [-0.2, 0) is 9.59 Å². The number of hydrogen-bond acceptors (Lipinski definition) is 4. The van der Waals surface area contributed by atoms with Gasteiger partial charge in [-0.3, -0.25) is 9.59 Å². The fourth-order valence-corrected chi connectivity index (χ4v) is 3.05. The molecular weight excluding hydrogens is 485 g/mol. The molecule has 0 heterocycles. The summed E-state index contributed by atoms with van der Waals surface area (Å²) in [6.45, 7) is -0.187. The van der Waals surface area contributed by atoms with Crippen molar-refractivity contribution in [2.45, 2.75) is 0 Å². The van der Waals surface area contributed by atoms with Crippen molar-refractivity contribution in [2.24, 2.45) is 0 Å². The van der Waals surface area contributed by atoms with E-state index in [1.165, 1.54) is 12.1 Å². The summed E-state index contributed by atoms with van der Waals surface area (Å²) in [5.41, 5.74) is 1.53. The van der Waals surface area contributed by atoms with E-state index in [0.29, 0.717) is 32.7 Å². The topological polar surface area (TPSA) is 91.2 Å². The van der Waals surface area contributed by atoms with Crippen molar-refractivity contribution in [3.8, 4) is 11.8 Å². The van der Waals surface area contributed by atoms with Crippen LogP contribution < -0.4 is 15.4 Å². The van der Waals surface area contributed by atoms with Crippen molar-refractivity contribution in [3.05, 3.63) is 92.9 Å². The lowest BCUT2D eigenvalue weighted by atomic mass is 10.1. The molecule has 9 heteroatoms. The number of benzene rings is 3. The van der Waals surface area contributed by atoms with E-state index in [4.69, 9.17) is 39.5 Å². The Morgan fingerprint density at radius 2 is 1.55 bits per heavy atom. The van der Waals surface area contributed by atoms with Gasteiger partial charge in [-0.15, -0.1) is 0 Å². The predicted molar refractivity (Wildman–Crippen MR) is 131 cm³/mol. The molecule has 0 atom stereocenters. The first-order chi connectivity index (χ1) is 15.8. The number of hydrogen-bond donors (Lipinski definition) is 2. The maximum absolute atomic E-state index is 12.4. The van der Waals surface area contributed by atoms with Crippen LogP contribution in [0.2, 0.25) is 15.1 Å². The van der Waals surface area contributed by atoms with Crippen LogP contribution in [0.25, 0.3) is 6.08 Å². The lowest BCUT2D eigenvalue weighted by molar-refractivity contribution is -0.118. The average Bonchev–Trinajstić information content (AvgIpc) is 2.80. The van der Waals surface area contributed by atoms with Crippen molar-refractivity contribution >= 4 is 64.1 Å². The maximum Gasteiger partial charge on any atom is 0.266 e. The number of nitrogens with one attached hydrogen (secondary N) is 2. The molecule has 0 aliphatic heterocycles. The van der Waals surface area contributed by atoms with E-state index in [2.05, 4.69) is 10.6 Å². The average molecular weight is 501 g/mol. The summed E-state index contributed by atoms with van der Waals surface area (Å²) >= 11 is 17.6. The number of amides is 2. The fraction of sp³-hybridized carbons (Fsp3) is 0.0417. The van der Waals surface area contributed by atoms with Crippen LogP contribution in [0.15, 0.2) is 72.3 Å². The molecule has 0 aliphatic carbocycles. The first kappa shape index (κ1) is 24.1. The Labute approximate surface area is 205 Å². The predicted octanol–water partition coefficient (Wildman–Crippen LogP) is 6.21. The first-order valence-corrected chi connectivity index (χ1v) is 10.6. The molecule has 2 amide bonds. The van der Waals surface area contributed by atoms with Crippen LogP contribution >= 0.6 is 34.8 Å². The number of nitriles is 1. The summed E-state index contributed by atoms with van der Waals surface area (Å²) in [4.78, 5) is 24.4. The third-order valence-corrected chi connectivity index (χ3v) is 5.22. The van der Waals surface area contributed by atoms with E-state index in [9.17, 15) is 14.9 Å². The second-order valence-corrected chi connectivity index (χ2v) is 7.92. The van der Waals surface area contributed by atoms with Gasteiger partial charge in [-0.05, 0) is 66.2 Å². The van der Waals surface area contributed by atoms with Gasteiger partial charge in [0.05, 0.1) is 10.0 Å². The molecule has 166 valence electrons. The highest BCUT2D eigenvalue weighted by molar-refractivity contribution is 6.42. The van der Waals surface area contributed by atoms with Gasteiger partial charge in [-0.25, -0.2) is 0 Å². The minimum Gasteiger partial charge on any atom is -0.484 e. The number of halogens is 3. The van der Waals surface area contributed by atoms with E-state index in [0.717, 1.165) is 0 Å². The molecule has 2 N–H and O–H groups in total. The Balaban J connectivity index is 1.57. The van der Waals surface area contributed by atoms with Gasteiger partial charge in [-0.1, -0.05) is 46.9 Å². The third-order valence-electron chi connectivity index (χ3n) is 4.23. The van der Waals surface area contributed by atoms with E-state index in [-0.39, 0.29) is 23.1 Å². The van der Waals surface area contributed by atoms with Gasteiger partial charge in [0.15, 0.2) is 6.61 Å². The Hall–Kier alpha value is -3.50. The number of carbonyl (C=O) groups excluding carboxylic acids is 2. The zero-order chi connectivity index (χ0) is 23.8. The Bertz CT molecular complexity index is 1230. The lowest BCUT2D eigenvalue weighted by Gasteiger charge is -2.08. The van der Waals surface area contributed by atoms with E-state index < -0.39 is 5.91 Å². The molecule has 0 fully saturated rings. The van der Waals surface area contributed by atoms with Crippen LogP contribution in [0.3, 0.4) is 0 Å². The standard InChI is InChI=1S/C24H16Cl3N3O3/c25-17-3-5-18(6-4-17)29-23(31)14-33-20-8-1-15(2-9-20)11-16(13-28)24(32)30-19-7-10-21(26)22(27)12-19/h1-12H,14H2,(H,29,31)(H,30,32)/b16-11-. The normalized spacial score (nSPS) is 10.8.